The van der Waals surface area contributed by atoms with Crippen LogP contribution in [-0.2, 0) is 38.0 Å². The highest BCUT2D eigenvalue weighted by molar-refractivity contribution is 5.69. The Bertz CT molecular complexity index is 418. The smallest absolute Gasteiger partial charge is 0.305 e. The van der Waals surface area contributed by atoms with Gasteiger partial charge in [-0.15, -0.1) is 0 Å². The van der Waals surface area contributed by atoms with Crippen molar-refractivity contribution in [1.29, 1.82) is 0 Å². The second kappa shape index (κ2) is 26.0. The summed E-state index contributed by atoms with van der Waals surface area (Å²) in [5, 5.41) is 8.51. The van der Waals surface area contributed by atoms with Gasteiger partial charge in [-0.1, -0.05) is 32.6 Å². The molecule has 1 N–H and O–H groups in total. The minimum Gasteiger partial charge on any atom is -0.481 e. The van der Waals surface area contributed by atoms with Crippen molar-refractivity contribution < 1.29 is 43.1 Å². The van der Waals surface area contributed by atoms with E-state index < -0.39 is 5.97 Å². The SMILES string of the molecule is CCCCCCCOCCOCCOCCOCCOCCOC(=O)CCCCC(=O)O. The molecule has 32 heavy (non-hydrogen) atoms. The quantitative estimate of drug-likeness (QED) is 0.152. The van der Waals surface area contributed by atoms with Crippen LogP contribution in [0.3, 0.4) is 0 Å². The first kappa shape index (κ1) is 30.7. The maximum atomic E-state index is 11.4. The summed E-state index contributed by atoms with van der Waals surface area (Å²) in [5.74, 6) is -1.18. The fraction of sp³-hybridized carbons (Fsp3) is 0.913. The van der Waals surface area contributed by atoms with Crippen molar-refractivity contribution in [1.82, 2.24) is 0 Å². The van der Waals surface area contributed by atoms with Gasteiger partial charge in [0.05, 0.1) is 59.5 Å². The van der Waals surface area contributed by atoms with Crippen LogP contribution in [0.4, 0.5) is 0 Å². The van der Waals surface area contributed by atoms with E-state index in [1.807, 2.05) is 0 Å². The Morgan fingerprint density at radius 2 is 0.969 bits per heavy atom. The van der Waals surface area contributed by atoms with Crippen molar-refractivity contribution in [3.05, 3.63) is 0 Å². The molecule has 0 spiro atoms. The van der Waals surface area contributed by atoms with Crippen molar-refractivity contribution in [2.75, 3.05) is 72.7 Å². The van der Waals surface area contributed by atoms with E-state index in [1.165, 1.54) is 25.7 Å². The lowest BCUT2D eigenvalue weighted by Crippen LogP contribution is -2.15. The highest BCUT2D eigenvalue weighted by Gasteiger charge is 2.04. The van der Waals surface area contributed by atoms with E-state index in [-0.39, 0.29) is 25.4 Å². The summed E-state index contributed by atoms with van der Waals surface area (Å²) in [7, 11) is 0. The van der Waals surface area contributed by atoms with E-state index in [0.29, 0.717) is 72.3 Å². The number of carboxylic acids is 1. The molecule has 0 unspecified atom stereocenters. The third-order valence-corrected chi connectivity index (χ3v) is 4.39. The molecule has 0 fully saturated rings. The zero-order chi connectivity index (χ0) is 23.5. The molecule has 0 heterocycles. The number of ether oxygens (including phenoxy) is 6. The second-order valence-corrected chi connectivity index (χ2v) is 7.30. The molecule has 190 valence electrons. The molecule has 0 aromatic carbocycles. The Kier molecular flexibility index (Phi) is 25.0. The number of unbranched alkanes of at least 4 members (excludes halogenated alkanes) is 5. The van der Waals surface area contributed by atoms with E-state index in [9.17, 15) is 9.59 Å². The van der Waals surface area contributed by atoms with E-state index >= 15 is 0 Å². The summed E-state index contributed by atoms with van der Waals surface area (Å²) < 4.78 is 32.1. The van der Waals surface area contributed by atoms with E-state index in [1.54, 1.807) is 0 Å². The Morgan fingerprint density at radius 1 is 0.531 bits per heavy atom. The van der Waals surface area contributed by atoms with Crippen molar-refractivity contribution in [3.8, 4) is 0 Å². The lowest BCUT2D eigenvalue weighted by Gasteiger charge is -2.08. The third kappa shape index (κ3) is 26.8. The topological polar surface area (TPSA) is 110 Å². The first-order valence-corrected chi connectivity index (χ1v) is 11.9. The molecule has 0 radical (unpaired) electrons. The molecule has 0 aliphatic heterocycles. The number of carbonyl (C=O) groups excluding carboxylic acids is 1. The van der Waals surface area contributed by atoms with Crippen LogP contribution >= 0.6 is 0 Å². The average molecular weight is 465 g/mol. The molecule has 0 aromatic rings. The molecule has 9 nitrogen and oxygen atoms in total. The highest BCUT2D eigenvalue weighted by atomic mass is 16.6. The lowest BCUT2D eigenvalue weighted by atomic mass is 10.2. The number of rotatable bonds is 26. The van der Waals surface area contributed by atoms with Crippen molar-refractivity contribution >= 4 is 11.9 Å². The van der Waals surface area contributed by atoms with E-state index in [2.05, 4.69) is 6.92 Å². The zero-order valence-electron chi connectivity index (χ0n) is 19.9. The van der Waals surface area contributed by atoms with Crippen LogP contribution in [0.1, 0.15) is 64.7 Å². The van der Waals surface area contributed by atoms with Crippen LogP contribution < -0.4 is 0 Å². The molecule has 0 atom stereocenters. The minimum atomic E-state index is -0.852. The molecule has 0 rings (SSSR count). The van der Waals surface area contributed by atoms with Crippen molar-refractivity contribution in [2.45, 2.75) is 64.7 Å². The summed E-state index contributed by atoms with van der Waals surface area (Å²) in [5.41, 5.74) is 0. The molecule has 9 heteroatoms. The van der Waals surface area contributed by atoms with Crippen LogP contribution in [-0.4, -0.2) is 89.7 Å². The predicted octanol–water partition coefficient (Wildman–Crippen LogP) is 3.23. The monoisotopic (exact) mass is 464 g/mol. The number of hydrogen-bond acceptors (Lipinski definition) is 8. The summed E-state index contributed by atoms with van der Waals surface area (Å²) in [6, 6.07) is 0. The maximum Gasteiger partial charge on any atom is 0.305 e. The first-order valence-electron chi connectivity index (χ1n) is 11.9. The van der Waals surface area contributed by atoms with Crippen LogP contribution in [0.25, 0.3) is 0 Å². The van der Waals surface area contributed by atoms with Gasteiger partial charge < -0.3 is 33.5 Å². The summed E-state index contributed by atoms with van der Waals surface area (Å²) in [6.07, 6.45) is 7.52. The highest BCUT2D eigenvalue weighted by Crippen LogP contribution is 2.02. The lowest BCUT2D eigenvalue weighted by molar-refractivity contribution is -0.146. The van der Waals surface area contributed by atoms with Crippen LogP contribution in [0.15, 0.2) is 0 Å². The predicted molar refractivity (Wildman–Crippen MR) is 120 cm³/mol. The van der Waals surface area contributed by atoms with Gasteiger partial charge in [0.15, 0.2) is 0 Å². The number of esters is 1. The molecular formula is C23H44O9. The number of carboxylic acid groups (broad SMARTS) is 1. The zero-order valence-corrected chi connectivity index (χ0v) is 19.9. The van der Waals surface area contributed by atoms with E-state index in [0.717, 1.165) is 13.0 Å². The molecule has 0 aromatic heterocycles. The van der Waals surface area contributed by atoms with Gasteiger partial charge in [0.1, 0.15) is 6.61 Å². The Hall–Kier alpha value is -1.26. The fourth-order valence-electron chi connectivity index (χ4n) is 2.62. The van der Waals surface area contributed by atoms with Gasteiger partial charge in [-0.3, -0.25) is 9.59 Å². The molecule has 0 saturated carbocycles. The number of carbonyl (C=O) groups is 2. The third-order valence-electron chi connectivity index (χ3n) is 4.39. The largest absolute Gasteiger partial charge is 0.481 e. The molecule has 0 amide bonds. The van der Waals surface area contributed by atoms with Gasteiger partial charge in [0, 0.05) is 19.4 Å². The second-order valence-electron chi connectivity index (χ2n) is 7.30. The van der Waals surface area contributed by atoms with Gasteiger partial charge in [-0.2, -0.15) is 0 Å². The molecule has 0 aliphatic rings. The van der Waals surface area contributed by atoms with Crippen LogP contribution in [0.2, 0.25) is 0 Å². The first-order chi connectivity index (χ1) is 15.7. The van der Waals surface area contributed by atoms with Gasteiger partial charge >= 0.3 is 11.9 Å². The minimum absolute atomic E-state index is 0.0734. The normalized spacial score (nSPS) is 11.0. The molecular weight excluding hydrogens is 420 g/mol. The Morgan fingerprint density at radius 3 is 1.47 bits per heavy atom. The Balaban J connectivity index is 3.10. The standard InChI is InChI=1S/C23H44O9/c1-2-3-4-5-8-11-27-12-13-28-14-15-29-16-17-30-18-19-31-20-21-32-23(26)10-7-6-9-22(24)25/h2-21H2,1H3,(H,24,25). The molecule has 0 saturated heterocycles. The Labute approximate surface area is 193 Å². The van der Waals surface area contributed by atoms with Crippen LogP contribution in [0, 0.1) is 0 Å². The average Bonchev–Trinajstić information content (AvgIpc) is 2.77. The van der Waals surface area contributed by atoms with Crippen molar-refractivity contribution in [3.63, 3.8) is 0 Å². The summed E-state index contributed by atoms with van der Waals surface area (Å²) in [6.45, 7) is 7.64. The van der Waals surface area contributed by atoms with Gasteiger partial charge in [0.2, 0.25) is 0 Å². The van der Waals surface area contributed by atoms with Crippen molar-refractivity contribution in [2.24, 2.45) is 0 Å². The summed E-state index contributed by atoms with van der Waals surface area (Å²) >= 11 is 0. The number of hydrogen-bond donors (Lipinski definition) is 1. The van der Waals surface area contributed by atoms with E-state index in [4.69, 9.17) is 33.5 Å². The van der Waals surface area contributed by atoms with Gasteiger partial charge in [-0.05, 0) is 19.3 Å². The van der Waals surface area contributed by atoms with Gasteiger partial charge in [-0.25, -0.2) is 0 Å². The summed E-state index contributed by atoms with van der Waals surface area (Å²) in [4.78, 5) is 21.8. The maximum absolute atomic E-state index is 11.4. The van der Waals surface area contributed by atoms with Crippen LogP contribution in [0.5, 0.6) is 0 Å². The number of aliphatic carboxylic acids is 1. The molecule has 0 aliphatic carbocycles. The fourth-order valence-corrected chi connectivity index (χ4v) is 2.62. The van der Waals surface area contributed by atoms with Gasteiger partial charge in [0.25, 0.3) is 0 Å². The molecule has 0 bridgehead atoms.